The number of rotatable bonds is 7. The maximum atomic E-state index is 12.3. The monoisotopic (exact) mass is 396 g/mol. The minimum absolute atomic E-state index is 0.251. The van der Waals surface area contributed by atoms with E-state index in [-0.39, 0.29) is 12.3 Å². The fourth-order valence-corrected chi connectivity index (χ4v) is 2.79. The highest BCUT2D eigenvalue weighted by Gasteiger charge is 2.31. The van der Waals surface area contributed by atoms with Gasteiger partial charge in [-0.15, -0.1) is 13.2 Å². The molecule has 2 aromatic rings. The first kappa shape index (κ1) is 21.0. The average molecular weight is 396 g/mol. The van der Waals surface area contributed by atoms with E-state index in [9.17, 15) is 13.2 Å². The van der Waals surface area contributed by atoms with Crippen LogP contribution in [0.4, 0.5) is 18.9 Å². The molecule has 2 N–H and O–H groups in total. The number of hydrogen-bond acceptors (Lipinski definition) is 2. The van der Waals surface area contributed by atoms with Crippen LogP contribution in [0.25, 0.3) is 0 Å². The summed E-state index contributed by atoms with van der Waals surface area (Å²) in [6.45, 7) is 4.46. The number of halogens is 3. The average Bonchev–Trinajstić information content (AvgIpc) is 2.59. The Morgan fingerprint density at radius 1 is 1.11 bits per heavy atom. The predicted octanol–water partition coefficient (Wildman–Crippen LogP) is 5.72. The molecule has 0 aliphatic heterocycles. The zero-order chi connectivity index (χ0) is 19.9. The third-order valence-corrected chi connectivity index (χ3v) is 4.19. The molecule has 27 heavy (non-hydrogen) atoms. The lowest BCUT2D eigenvalue weighted by molar-refractivity contribution is -0.274. The standard InChI is InChI=1S/C20H23F3N2OS/c1-3-4-6-15-9-10-18(14(2)11-15)25-19(27)24-13-16-7-5-8-17(12-16)26-20(21,22)23/h5,7-12H,3-4,6,13H2,1-2H3,(H2,24,25,27). The molecule has 0 radical (unpaired) electrons. The van der Waals surface area contributed by atoms with E-state index in [1.807, 2.05) is 13.0 Å². The van der Waals surface area contributed by atoms with Gasteiger partial charge in [0, 0.05) is 12.2 Å². The maximum absolute atomic E-state index is 12.3. The van der Waals surface area contributed by atoms with Crippen molar-refractivity contribution < 1.29 is 17.9 Å². The normalized spacial score (nSPS) is 11.1. The van der Waals surface area contributed by atoms with Gasteiger partial charge in [-0.2, -0.15) is 0 Å². The first-order chi connectivity index (χ1) is 12.8. The highest BCUT2D eigenvalue weighted by atomic mass is 32.1. The van der Waals surface area contributed by atoms with Gasteiger partial charge in [0.05, 0.1) is 0 Å². The molecular weight excluding hydrogens is 373 g/mol. The van der Waals surface area contributed by atoms with Crippen LogP contribution in [0.3, 0.4) is 0 Å². The second-order valence-corrected chi connectivity index (χ2v) is 6.66. The van der Waals surface area contributed by atoms with E-state index in [1.165, 1.54) is 23.8 Å². The smallest absolute Gasteiger partial charge is 0.406 e. The molecule has 0 aliphatic rings. The Bertz CT molecular complexity index is 778. The van der Waals surface area contributed by atoms with Crippen LogP contribution in [0.1, 0.15) is 36.5 Å². The minimum Gasteiger partial charge on any atom is -0.406 e. The Morgan fingerprint density at radius 3 is 2.56 bits per heavy atom. The molecule has 146 valence electrons. The minimum atomic E-state index is -4.70. The number of ether oxygens (including phenoxy) is 1. The Balaban J connectivity index is 1.90. The second kappa shape index (κ2) is 9.60. The van der Waals surface area contributed by atoms with E-state index in [0.29, 0.717) is 10.7 Å². The molecule has 0 spiro atoms. The summed E-state index contributed by atoms with van der Waals surface area (Å²) >= 11 is 5.28. The molecular formula is C20H23F3N2OS. The van der Waals surface area contributed by atoms with Crippen LogP contribution < -0.4 is 15.4 Å². The molecule has 7 heteroatoms. The lowest BCUT2D eigenvalue weighted by Crippen LogP contribution is -2.28. The molecule has 0 fully saturated rings. The summed E-state index contributed by atoms with van der Waals surface area (Å²) in [6, 6.07) is 12.0. The fourth-order valence-electron chi connectivity index (χ4n) is 2.60. The van der Waals surface area contributed by atoms with Gasteiger partial charge in [-0.05, 0) is 66.9 Å². The van der Waals surface area contributed by atoms with E-state index >= 15 is 0 Å². The maximum Gasteiger partial charge on any atom is 0.573 e. The highest BCUT2D eigenvalue weighted by Crippen LogP contribution is 2.23. The van der Waals surface area contributed by atoms with E-state index in [1.54, 1.807) is 6.07 Å². The van der Waals surface area contributed by atoms with Gasteiger partial charge in [0.2, 0.25) is 0 Å². The summed E-state index contributed by atoms with van der Waals surface area (Å²) in [5, 5.41) is 6.53. The Morgan fingerprint density at radius 2 is 1.89 bits per heavy atom. The van der Waals surface area contributed by atoms with Crippen molar-refractivity contribution in [2.24, 2.45) is 0 Å². The number of alkyl halides is 3. The first-order valence-electron chi connectivity index (χ1n) is 8.76. The van der Waals surface area contributed by atoms with Gasteiger partial charge in [-0.1, -0.05) is 37.6 Å². The van der Waals surface area contributed by atoms with Crippen molar-refractivity contribution >= 4 is 23.0 Å². The van der Waals surface area contributed by atoms with Gasteiger partial charge in [0.15, 0.2) is 5.11 Å². The van der Waals surface area contributed by atoms with Crippen molar-refractivity contribution in [3.63, 3.8) is 0 Å². The molecule has 0 saturated carbocycles. The van der Waals surface area contributed by atoms with Crippen molar-refractivity contribution in [1.29, 1.82) is 0 Å². The molecule has 0 amide bonds. The van der Waals surface area contributed by atoms with Crippen LogP contribution in [-0.2, 0) is 13.0 Å². The summed E-state index contributed by atoms with van der Waals surface area (Å²) in [4.78, 5) is 0. The second-order valence-electron chi connectivity index (χ2n) is 6.26. The molecule has 0 atom stereocenters. The number of aryl methyl sites for hydroxylation is 2. The van der Waals surface area contributed by atoms with Gasteiger partial charge in [0.1, 0.15) is 5.75 Å². The Labute approximate surface area is 162 Å². The van der Waals surface area contributed by atoms with Crippen LogP contribution >= 0.6 is 12.2 Å². The van der Waals surface area contributed by atoms with E-state index in [2.05, 4.69) is 34.4 Å². The summed E-state index contributed by atoms with van der Waals surface area (Å²) in [5.41, 5.74) is 3.92. The topological polar surface area (TPSA) is 33.3 Å². The van der Waals surface area contributed by atoms with Crippen LogP contribution in [0.15, 0.2) is 42.5 Å². The third kappa shape index (κ3) is 7.46. The molecule has 0 heterocycles. The summed E-state index contributed by atoms with van der Waals surface area (Å²) in [5.74, 6) is -0.251. The predicted molar refractivity (Wildman–Crippen MR) is 106 cm³/mol. The molecule has 0 aromatic heterocycles. The SMILES string of the molecule is CCCCc1ccc(NC(=S)NCc2cccc(OC(F)(F)F)c2)c(C)c1. The number of nitrogens with one attached hydrogen (secondary N) is 2. The van der Waals surface area contributed by atoms with Gasteiger partial charge in [-0.25, -0.2) is 0 Å². The largest absolute Gasteiger partial charge is 0.573 e. The highest BCUT2D eigenvalue weighted by molar-refractivity contribution is 7.80. The third-order valence-electron chi connectivity index (χ3n) is 3.94. The van der Waals surface area contributed by atoms with Gasteiger partial charge in [-0.3, -0.25) is 0 Å². The number of hydrogen-bond donors (Lipinski definition) is 2. The quantitative estimate of drug-likeness (QED) is 0.586. The van der Waals surface area contributed by atoms with E-state index in [0.717, 1.165) is 30.5 Å². The van der Waals surface area contributed by atoms with Crippen LogP contribution in [0, 0.1) is 6.92 Å². The molecule has 3 nitrogen and oxygen atoms in total. The van der Waals surface area contributed by atoms with Crippen molar-refractivity contribution in [3.05, 3.63) is 59.2 Å². The molecule has 0 aliphatic carbocycles. The summed E-state index contributed by atoms with van der Waals surface area (Å²) in [7, 11) is 0. The Kier molecular flexibility index (Phi) is 7.47. The van der Waals surface area contributed by atoms with Crippen molar-refractivity contribution in [3.8, 4) is 5.75 Å². The van der Waals surface area contributed by atoms with Crippen molar-refractivity contribution in [1.82, 2.24) is 5.32 Å². The molecule has 2 aromatic carbocycles. The molecule has 0 bridgehead atoms. The van der Waals surface area contributed by atoms with Gasteiger partial charge in [0.25, 0.3) is 0 Å². The lowest BCUT2D eigenvalue weighted by Gasteiger charge is -2.14. The van der Waals surface area contributed by atoms with Crippen molar-refractivity contribution in [2.75, 3.05) is 5.32 Å². The fraction of sp³-hybridized carbons (Fsp3) is 0.350. The number of thiocarbonyl (C=S) groups is 1. The number of benzene rings is 2. The first-order valence-corrected chi connectivity index (χ1v) is 9.16. The zero-order valence-corrected chi connectivity index (χ0v) is 16.1. The zero-order valence-electron chi connectivity index (χ0n) is 15.3. The van der Waals surface area contributed by atoms with Crippen LogP contribution in [-0.4, -0.2) is 11.5 Å². The van der Waals surface area contributed by atoms with Gasteiger partial charge < -0.3 is 15.4 Å². The Hall–Kier alpha value is -2.28. The number of unbranched alkanes of at least 4 members (excludes halogenated alkanes) is 1. The molecule has 0 unspecified atom stereocenters. The summed E-state index contributed by atoms with van der Waals surface area (Å²) < 4.78 is 40.8. The molecule has 2 rings (SSSR count). The van der Waals surface area contributed by atoms with E-state index in [4.69, 9.17) is 12.2 Å². The molecule has 0 saturated heterocycles. The summed E-state index contributed by atoms with van der Waals surface area (Å²) in [6.07, 6.45) is -1.34. The van der Waals surface area contributed by atoms with Crippen molar-refractivity contribution in [2.45, 2.75) is 46.0 Å². The van der Waals surface area contributed by atoms with Crippen LogP contribution in [0.2, 0.25) is 0 Å². The van der Waals surface area contributed by atoms with E-state index < -0.39 is 6.36 Å². The number of anilines is 1. The lowest BCUT2D eigenvalue weighted by atomic mass is 10.0. The van der Waals surface area contributed by atoms with Gasteiger partial charge >= 0.3 is 6.36 Å². The van der Waals surface area contributed by atoms with Crippen LogP contribution in [0.5, 0.6) is 5.75 Å².